The van der Waals surface area contributed by atoms with Crippen molar-refractivity contribution in [1.29, 1.82) is 0 Å². The van der Waals surface area contributed by atoms with Gasteiger partial charge >= 0.3 is 0 Å². The molecule has 0 saturated carbocycles. The number of aryl methyl sites for hydroxylation is 2. The zero-order valence-corrected chi connectivity index (χ0v) is 16.8. The normalized spacial score (nSPS) is 11.8. The Hall–Kier alpha value is -4.34. The van der Waals surface area contributed by atoms with Crippen LogP contribution in [0.4, 0.5) is 11.4 Å². The van der Waals surface area contributed by atoms with E-state index in [-0.39, 0.29) is 22.8 Å². The summed E-state index contributed by atoms with van der Waals surface area (Å²) >= 11 is 0. The fourth-order valence-corrected chi connectivity index (χ4v) is 3.25. The molecular formula is C21H19N7O3. The molecule has 0 radical (unpaired) electrons. The second-order valence-corrected chi connectivity index (χ2v) is 6.95. The zero-order chi connectivity index (χ0) is 22.0. The summed E-state index contributed by atoms with van der Waals surface area (Å²) in [6.07, 6.45) is 3.14. The molecular weight excluding hydrogens is 398 g/mol. The number of carbonyl (C=O) groups excluding carboxylic acids is 1. The Morgan fingerprint density at radius 2 is 2.00 bits per heavy atom. The number of ketones is 1. The Bertz CT molecular complexity index is 1250. The van der Waals surface area contributed by atoms with E-state index in [0.717, 1.165) is 5.56 Å². The zero-order valence-electron chi connectivity index (χ0n) is 16.8. The van der Waals surface area contributed by atoms with E-state index >= 15 is 0 Å². The SMILES string of the molecule is Cc1nc(C(Nc2ccc(C(=O)c3nccn3C)cc2[N+](=O)[O-])c2ccccc2)n[nH]1. The lowest BCUT2D eigenvalue weighted by molar-refractivity contribution is -0.384. The van der Waals surface area contributed by atoms with Crippen LogP contribution in [-0.4, -0.2) is 35.4 Å². The average molecular weight is 417 g/mol. The van der Waals surface area contributed by atoms with Crippen molar-refractivity contribution in [2.45, 2.75) is 13.0 Å². The van der Waals surface area contributed by atoms with Gasteiger partial charge in [-0.05, 0) is 24.6 Å². The van der Waals surface area contributed by atoms with Crippen LogP contribution in [-0.2, 0) is 7.05 Å². The number of benzene rings is 2. The smallest absolute Gasteiger partial charge is 0.293 e. The number of aromatic amines is 1. The molecule has 0 aliphatic rings. The van der Waals surface area contributed by atoms with Gasteiger partial charge in [-0.1, -0.05) is 30.3 Å². The number of nitro benzene ring substituents is 1. The molecule has 1 unspecified atom stereocenters. The highest BCUT2D eigenvalue weighted by atomic mass is 16.6. The molecule has 0 aliphatic carbocycles. The summed E-state index contributed by atoms with van der Waals surface area (Å²) in [5, 5.41) is 22.0. The molecule has 0 aliphatic heterocycles. The second-order valence-electron chi connectivity index (χ2n) is 6.95. The number of nitrogens with one attached hydrogen (secondary N) is 2. The van der Waals surface area contributed by atoms with E-state index in [1.165, 1.54) is 24.4 Å². The van der Waals surface area contributed by atoms with Gasteiger partial charge in [0.15, 0.2) is 11.6 Å². The number of hydrogen-bond donors (Lipinski definition) is 2. The molecule has 31 heavy (non-hydrogen) atoms. The molecule has 2 aromatic carbocycles. The standard InChI is InChI=1S/C21H19N7O3/c1-13-23-20(26-25-13)18(14-6-4-3-5-7-14)24-16-9-8-15(12-17(16)28(30)31)19(29)21-22-10-11-27(21)2/h3-12,18,24H,1-2H3,(H,23,25,26). The maximum Gasteiger partial charge on any atom is 0.293 e. The quantitative estimate of drug-likeness (QED) is 0.268. The number of aromatic nitrogens is 5. The third-order valence-electron chi connectivity index (χ3n) is 4.79. The molecule has 2 N–H and O–H groups in total. The van der Waals surface area contributed by atoms with Crippen molar-refractivity contribution in [2.75, 3.05) is 5.32 Å². The first kappa shape index (κ1) is 20.0. The molecule has 0 amide bonds. The highest BCUT2D eigenvalue weighted by Crippen LogP contribution is 2.32. The monoisotopic (exact) mass is 417 g/mol. The first-order valence-electron chi connectivity index (χ1n) is 9.45. The molecule has 0 fully saturated rings. The van der Waals surface area contributed by atoms with Crippen LogP contribution in [0.3, 0.4) is 0 Å². The van der Waals surface area contributed by atoms with E-state index in [2.05, 4.69) is 25.5 Å². The van der Waals surface area contributed by atoms with Crippen LogP contribution in [0.2, 0.25) is 0 Å². The number of imidazole rings is 1. The van der Waals surface area contributed by atoms with E-state index < -0.39 is 16.7 Å². The van der Waals surface area contributed by atoms with E-state index in [4.69, 9.17) is 0 Å². The predicted octanol–water partition coefficient (Wildman–Crippen LogP) is 3.19. The third-order valence-corrected chi connectivity index (χ3v) is 4.79. The van der Waals surface area contributed by atoms with E-state index in [0.29, 0.717) is 11.6 Å². The van der Waals surface area contributed by atoms with Crippen molar-refractivity contribution in [3.63, 3.8) is 0 Å². The predicted molar refractivity (Wildman–Crippen MR) is 113 cm³/mol. The summed E-state index contributed by atoms with van der Waals surface area (Å²) in [6, 6.07) is 13.2. The minimum absolute atomic E-state index is 0.177. The molecule has 10 heteroatoms. The van der Waals surface area contributed by atoms with Gasteiger partial charge in [0, 0.05) is 31.1 Å². The first-order valence-corrected chi connectivity index (χ1v) is 9.45. The Morgan fingerprint density at radius 1 is 1.23 bits per heavy atom. The lowest BCUT2D eigenvalue weighted by Crippen LogP contribution is -2.16. The fraction of sp³-hybridized carbons (Fsp3) is 0.143. The first-order chi connectivity index (χ1) is 14.9. The van der Waals surface area contributed by atoms with Gasteiger partial charge in [-0.3, -0.25) is 20.0 Å². The number of nitro groups is 1. The highest BCUT2D eigenvalue weighted by molar-refractivity contribution is 6.07. The summed E-state index contributed by atoms with van der Waals surface area (Å²) in [5.74, 6) is 0.883. The van der Waals surface area contributed by atoms with Crippen LogP contribution in [0, 0.1) is 17.0 Å². The van der Waals surface area contributed by atoms with Crippen LogP contribution < -0.4 is 5.32 Å². The molecule has 0 bridgehead atoms. The van der Waals surface area contributed by atoms with Crippen LogP contribution in [0.1, 0.15) is 39.4 Å². The second kappa shape index (κ2) is 8.19. The van der Waals surface area contributed by atoms with Crippen LogP contribution >= 0.6 is 0 Å². The summed E-state index contributed by atoms with van der Waals surface area (Å²) in [5.41, 5.74) is 1.03. The number of nitrogens with zero attached hydrogens (tertiary/aromatic N) is 5. The van der Waals surface area contributed by atoms with Crippen LogP contribution in [0.25, 0.3) is 0 Å². The van der Waals surface area contributed by atoms with Crippen molar-refractivity contribution in [1.82, 2.24) is 24.7 Å². The van der Waals surface area contributed by atoms with Gasteiger partial charge in [-0.15, -0.1) is 0 Å². The van der Waals surface area contributed by atoms with Crippen molar-refractivity contribution < 1.29 is 9.72 Å². The number of carbonyl (C=O) groups is 1. The Balaban J connectivity index is 1.73. The maximum absolute atomic E-state index is 12.7. The van der Waals surface area contributed by atoms with Crippen LogP contribution in [0.15, 0.2) is 60.9 Å². The van der Waals surface area contributed by atoms with Gasteiger partial charge in [-0.2, -0.15) is 5.10 Å². The number of hydrogen-bond acceptors (Lipinski definition) is 7. The summed E-state index contributed by atoms with van der Waals surface area (Å²) in [7, 11) is 1.69. The fourth-order valence-electron chi connectivity index (χ4n) is 3.25. The molecule has 2 aromatic heterocycles. The molecule has 0 saturated heterocycles. The van der Waals surface area contributed by atoms with Gasteiger partial charge in [-0.25, -0.2) is 9.97 Å². The van der Waals surface area contributed by atoms with Crippen molar-refractivity contribution in [3.8, 4) is 0 Å². The largest absolute Gasteiger partial charge is 0.366 e. The Labute approximate surface area is 177 Å². The van der Waals surface area contributed by atoms with Gasteiger partial charge in [0.25, 0.3) is 5.69 Å². The lowest BCUT2D eigenvalue weighted by atomic mass is 10.0. The number of anilines is 1. The van der Waals surface area contributed by atoms with Crippen molar-refractivity contribution >= 4 is 17.2 Å². The van der Waals surface area contributed by atoms with Gasteiger partial charge in [0.1, 0.15) is 17.6 Å². The number of rotatable bonds is 7. The molecule has 1 atom stereocenters. The molecule has 4 rings (SSSR count). The van der Waals surface area contributed by atoms with Gasteiger partial charge in [0.2, 0.25) is 5.78 Å². The van der Waals surface area contributed by atoms with Crippen molar-refractivity contribution in [3.05, 3.63) is 99.6 Å². The topological polar surface area (TPSA) is 132 Å². The average Bonchev–Trinajstić information content (AvgIpc) is 3.40. The maximum atomic E-state index is 12.7. The van der Waals surface area contributed by atoms with E-state index in [9.17, 15) is 14.9 Å². The molecule has 2 heterocycles. The molecule has 0 spiro atoms. The lowest BCUT2D eigenvalue weighted by Gasteiger charge is -2.18. The number of H-pyrrole nitrogens is 1. The van der Waals surface area contributed by atoms with Gasteiger partial charge < -0.3 is 9.88 Å². The molecule has 4 aromatic rings. The Morgan fingerprint density at radius 3 is 2.61 bits per heavy atom. The molecule has 156 valence electrons. The minimum Gasteiger partial charge on any atom is -0.366 e. The van der Waals surface area contributed by atoms with Crippen molar-refractivity contribution in [2.24, 2.45) is 7.05 Å². The van der Waals surface area contributed by atoms with Crippen LogP contribution in [0.5, 0.6) is 0 Å². The summed E-state index contributed by atoms with van der Waals surface area (Å²) in [6.45, 7) is 1.78. The van der Waals surface area contributed by atoms with Gasteiger partial charge in [0.05, 0.1) is 4.92 Å². The summed E-state index contributed by atoms with van der Waals surface area (Å²) in [4.78, 5) is 32.4. The molecule has 10 nitrogen and oxygen atoms in total. The Kier molecular flexibility index (Phi) is 5.27. The van der Waals surface area contributed by atoms with E-state index in [1.807, 2.05) is 30.3 Å². The van der Waals surface area contributed by atoms with E-state index in [1.54, 1.807) is 24.7 Å². The highest BCUT2D eigenvalue weighted by Gasteiger charge is 2.25. The summed E-state index contributed by atoms with van der Waals surface area (Å²) < 4.78 is 1.57. The third kappa shape index (κ3) is 4.04. The minimum atomic E-state index is -0.527.